The number of hydrogen-bond acceptors (Lipinski definition) is 4. The molecule has 3 amide bonds. The predicted octanol–water partition coefficient (Wildman–Crippen LogP) is 1.58. The van der Waals surface area contributed by atoms with Gasteiger partial charge < -0.3 is 26.1 Å². The molecule has 5 N–H and O–H groups in total. The lowest BCUT2D eigenvalue weighted by atomic mass is 10.0. The van der Waals surface area contributed by atoms with Crippen LogP contribution in [0.2, 0.25) is 0 Å². The maximum Gasteiger partial charge on any atom is 0.237 e. The van der Waals surface area contributed by atoms with E-state index in [-0.39, 0.29) is 25.4 Å². The monoisotopic (exact) mass is 408 g/mol. The zero-order valence-electron chi connectivity index (χ0n) is 16.7. The summed E-state index contributed by atoms with van der Waals surface area (Å²) in [4.78, 5) is 39.7. The van der Waals surface area contributed by atoms with Gasteiger partial charge in [-0.2, -0.15) is 0 Å². The molecule has 0 unspecified atom stereocenters. The molecule has 30 heavy (non-hydrogen) atoms. The fraction of sp³-hybridized carbons (Fsp3) is 0.227. The third-order valence-electron chi connectivity index (χ3n) is 4.83. The number of ether oxygens (including phenoxy) is 1. The Kier molecular flexibility index (Phi) is 6.36. The average molecular weight is 408 g/mol. The number of amides is 3. The first kappa shape index (κ1) is 20.9. The van der Waals surface area contributed by atoms with Crippen molar-refractivity contribution in [2.45, 2.75) is 12.8 Å². The number of hydrogen-bond donors (Lipinski definition) is 3. The first-order valence-electron chi connectivity index (χ1n) is 9.47. The van der Waals surface area contributed by atoms with Crippen LogP contribution in [0.1, 0.15) is 12.0 Å². The molecule has 1 heterocycles. The van der Waals surface area contributed by atoms with Crippen molar-refractivity contribution in [1.29, 1.82) is 0 Å². The summed E-state index contributed by atoms with van der Waals surface area (Å²) in [6.07, 6.45) is 0.518. The van der Waals surface area contributed by atoms with E-state index in [1.165, 1.54) is 0 Å². The van der Waals surface area contributed by atoms with Crippen LogP contribution < -0.4 is 16.2 Å². The van der Waals surface area contributed by atoms with Crippen LogP contribution in [0.5, 0.6) is 5.75 Å². The Morgan fingerprint density at radius 1 is 0.967 bits per heavy atom. The molecular formula is C22H24N4O4. The minimum atomic E-state index is -0.699. The molecule has 0 atom stereocenters. The van der Waals surface area contributed by atoms with Crippen LogP contribution in [0.4, 0.5) is 0 Å². The highest BCUT2D eigenvalue weighted by Crippen LogP contribution is 2.32. The SMILES string of the molecule is COc1ccc(-c2[nH]c3ccccc3c2CCC(=O)N(CC(N)=O)CC(N)=O)cc1. The van der Waals surface area contributed by atoms with Gasteiger partial charge in [-0.25, -0.2) is 0 Å². The lowest BCUT2D eigenvalue weighted by molar-refractivity contribution is -0.138. The van der Waals surface area contributed by atoms with Gasteiger partial charge in [0.15, 0.2) is 0 Å². The van der Waals surface area contributed by atoms with Gasteiger partial charge in [-0.15, -0.1) is 0 Å². The second kappa shape index (κ2) is 9.13. The number of aromatic nitrogens is 1. The smallest absolute Gasteiger partial charge is 0.237 e. The van der Waals surface area contributed by atoms with E-state index < -0.39 is 11.8 Å². The third-order valence-corrected chi connectivity index (χ3v) is 4.83. The number of methoxy groups -OCH3 is 1. The Morgan fingerprint density at radius 2 is 1.60 bits per heavy atom. The minimum absolute atomic E-state index is 0.103. The molecule has 1 aromatic heterocycles. The van der Waals surface area contributed by atoms with Crippen LogP contribution in [-0.4, -0.2) is 47.8 Å². The van der Waals surface area contributed by atoms with Crippen molar-refractivity contribution in [3.8, 4) is 17.0 Å². The van der Waals surface area contributed by atoms with E-state index in [0.29, 0.717) is 6.42 Å². The summed E-state index contributed by atoms with van der Waals surface area (Å²) in [7, 11) is 1.61. The van der Waals surface area contributed by atoms with Crippen molar-refractivity contribution in [3.63, 3.8) is 0 Å². The first-order chi connectivity index (χ1) is 14.4. The van der Waals surface area contributed by atoms with Crippen molar-refractivity contribution in [2.24, 2.45) is 11.5 Å². The lowest BCUT2D eigenvalue weighted by Crippen LogP contribution is -2.43. The van der Waals surface area contributed by atoms with Gasteiger partial charge in [0.1, 0.15) is 5.75 Å². The number of aromatic amines is 1. The lowest BCUT2D eigenvalue weighted by Gasteiger charge is -2.19. The van der Waals surface area contributed by atoms with E-state index >= 15 is 0 Å². The summed E-state index contributed by atoms with van der Waals surface area (Å²) in [5.41, 5.74) is 14.2. The van der Waals surface area contributed by atoms with E-state index in [2.05, 4.69) is 4.98 Å². The number of primary amides is 2. The van der Waals surface area contributed by atoms with Crippen LogP contribution in [-0.2, 0) is 20.8 Å². The summed E-state index contributed by atoms with van der Waals surface area (Å²) in [6.45, 7) is -0.692. The molecule has 0 aliphatic heterocycles. The van der Waals surface area contributed by atoms with E-state index in [4.69, 9.17) is 16.2 Å². The highest BCUT2D eigenvalue weighted by Gasteiger charge is 2.20. The van der Waals surface area contributed by atoms with Crippen LogP contribution in [0, 0.1) is 0 Å². The third kappa shape index (κ3) is 4.78. The van der Waals surface area contributed by atoms with Gasteiger partial charge in [0.2, 0.25) is 17.7 Å². The Hall–Kier alpha value is -3.81. The van der Waals surface area contributed by atoms with E-state index in [0.717, 1.165) is 38.4 Å². The van der Waals surface area contributed by atoms with Crippen molar-refractivity contribution in [1.82, 2.24) is 9.88 Å². The summed E-state index contributed by atoms with van der Waals surface area (Å²) >= 11 is 0. The Labute approximate surface area is 173 Å². The molecule has 3 rings (SSSR count). The number of benzene rings is 2. The molecule has 3 aromatic rings. The molecule has 0 radical (unpaired) electrons. The molecule has 0 saturated carbocycles. The van der Waals surface area contributed by atoms with Gasteiger partial charge in [-0.3, -0.25) is 14.4 Å². The largest absolute Gasteiger partial charge is 0.497 e. The fourth-order valence-corrected chi connectivity index (χ4v) is 3.46. The highest BCUT2D eigenvalue weighted by molar-refractivity contribution is 5.92. The Bertz CT molecular complexity index is 1060. The molecule has 0 spiro atoms. The number of nitrogens with one attached hydrogen (secondary N) is 1. The number of fused-ring (bicyclic) bond motifs is 1. The number of nitrogens with two attached hydrogens (primary N) is 2. The predicted molar refractivity (Wildman–Crippen MR) is 114 cm³/mol. The Morgan fingerprint density at radius 3 is 2.20 bits per heavy atom. The standard InChI is InChI=1S/C22H24N4O4/c1-30-15-8-6-14(7-9-15)22-17(16-4-2-3-5-18(16)25-22)10-11-21(29)26(12-19(23)27)13-20(24)28/h2-9,25H,10-13H2,1H3,(H2,23,27)(H2,24,28). The van der Waals surface area contributed by atoms with Gasteiger partial charge in [-0.05, 0) is 47.9 Å². The zero-order valence-corrected chi connectivity index (χ0v) is 16.7. The van der Waals surface area contributed by atoms with Crippen LogP contribution in [0.3, 0.4) is 0 Å². The number of H-pyrrole nitrogens is 1. The number of carbonyl (C=O) groups is 3. The normalized spacial score (nSPS) is 10.7. The molecule has 0 aliphatic rings. The minimum Gasteiger partial charge on any atom is -0.497 e. The molecule has 0 saturated heterocycles. The number of carbonyl (C=O) groups excluding carboxylic acids is 3. The van der Waals surface area contributed by atoms with Gasteiger partial charge in [-0.1, -0.05) is 18.2 Å². The quantitative estimate of drug-likeness (QED) is 0.496. The van der Waals surface area contributed by atoms with Crippen LogP contribution in [0.25, 0.3) is 22.2 Å². The number of aryl methyl sites for hydroxylation is 1. The molecule has 8 nitrogen and oxygen atoms in total. The van der Waals surface area contributed by atoms with Crippen molar-refractivity contribution < 1.29 is 19.1 Å². The number of nitrogens with zero attached hydrogens (tertiary/aromatic N) is 1. The summed E-state index contributed by atoms with van der Waals surface area (Å²) in [5, 5.41) is 1.01. The summed E-state index contributed by atoms with van der Waals surface area (Å²) in [5.74, 6) is -1.01. The molecule has 156 valence electrons. The van der Waals surface area contributed by atoms with E-state index in [9.17, 15) is 14.4 Å². The van der Waals surface area contributed by atoms with Gasteiger partial charge >= 0.3 is 0 Å². The zero-order chi connectivity index (χ0) is 21.7. The number of para-hydroxylation sites is 1. The van der Waals surface area contributed by atoms with Crippen LogP contribution >= 0.6 is 0 Å². The molecule has 0 bridgehead atoms. The molecule has 8 heteroatoms. The van der Waals surface area contributed by atoms with Gasteiger partial charge in [0.05, 0.1) is 20.2 Å². The molecular weight excluding hydrogens is 384 g/mol. The fourth-order valence-electron chi connectivity index (χ4n) is 3.46. The summed E-state index contributed by atoms with van der Waals surface area (Å²) in [6, 6.07) is 15.5. The molecule has 0 fully saturated rings. The van der Waals surface area contributed by atoms with Crippen LogP contribution in [0.15, 0.2) is 48.5 Å². The average Bonchev–Trinajstić information content (AvgIpc) is 3.09. The van der Waals surface area contributed by atoms with Gasteiger partial charge in [0, 0.05) is 23.0 Å². The number of rotatable bonds is 9. The summed E-state index contributed by atoms with van der Waals surface area (Å²) < 4.78 is 5.23. The molecule has 2 aromatic carbocycles. The Balaban J connectivity index is 1.89. The first-order valence-corrected chi connectivity index (χ1v) is 9.47. The van der Waals surface area contributed by atoms with Crippen molar-refractivity contribution in [3.05, 3.63) is 54.1 Å². The highest BCUT2D eigenvalue weighted by atomic mass is 16.5. The maximum absolute atomic E-state index is 12.7. The second-order valence-corrected chi connectivity index (χ2v) is 6.94. The van der Waals surface area contributed by atoms with E-state index in [1.807, 2.05) is 48.5 Å². The van der Waals surface area contributed by atoms with Crippen molar-refractivity contribution >= 4 is 28.6 Å². The van der Waals surface area contributed by atoms with E-state index in [1.54, 1.807) is 7.11 Å². The maximum atomic E-state index is 12.7. The topological polar surface area (TPSA) is 132 Å². The second-order valence-electron chi connectivity index (χ2n) is 6.94. The van der Waals surface area contributed by atoms with Crippen molar-refractivity contribution in [2.75, 3.05) is 20.2 Å². The molecule has 0 aliphatic carbocycles. The van der Waals surface area contributed by atoms with Gasteiger partial charge in [0.25, 0.3) is 0 Å².